The molecule has 1 heterocycles. The van der Waals surface area contributed by atoms with Gasteiger partial charge in [0.15, 0.2) is 11.5 Å². The van der Waals surface area contributed by atoms with E-state index < -0.39 is 5.41 Å². The fourth-order valence-electron chi connectivity index (χ4n) is 3.41. The Morgan fingerprint density at radius 2 is 1.94 bits per heavy atom. The number of aromatic nitrogens is 1. The van der Waals surface area contributed by atoms with Crippen molar-refractivity contribution in [3.8, 4) is 11.5 Å². The maximum atomic E-state index is 14.1. The number of methoxy groups -OCH3 is 1. The number of halogens is 1. The van der Waals surface area contributed by atoms with E-state index in [1.54, 1.807) is 43.5 Å². The summed E-state index contributed by atoms with van der Waals surface area (Å²) >= 11 is 0. The minimum absolute atomic E-state index is 0.267. The molecule has 6 nitrogen and oxygen atoms in total. The number of aryl methyl sites for hydroxylation is 2. The van der Waals surface area contributed by atoms with E-state index in [2.05, 4.69) is 10.5 Å². The molecule has 174 valence electrons. The Balaban J connectivity index is 1.61. The van der Waals surface area contributed by atoms with Crippen molar-refractivity contribution in [1.82, 2.24) is 10.5 Å². The average Bonchev–Trinajstić information content (AvgIpc) is 3.12. The zero-order chi connectivity index (χ0) is 24.0. The third-order valence-corrected chi connectivity index (χ3v) is 5.48. The van der Waals surface area contributed by atoms with Crippen LogP contribution in [0.2, 0.25) is 0 Å². The summed E-state index contributed by atoms with van der Waals surface area (Å²) in [6.45, 7) is 8.10. The Labute approximate surface area is 193 Å². The highest BCUT2D eigenvalue weighted by molar-refractivity contribution is 5.91. The summed E-state index contributed by atoms with van der Waals surface area (Å²) in [5.41, 5.74) is 2.48. The molecule has 2 aromatic carbocycles. The molecule has 0 radical (unpaired) electrons. The van der Waals surface area contributed by atoms with E-state index >= 15 is 0 Å². The first-order valence-electron chi connectivity index (χ1n) is 10.6. The summed E-state index contributed by atoms with van der Waals surface area (Å²) in [4.78, 5) is 12.3. The smallest absolute Gasteiger partial charge is 0.244 e. The molecule has 0 fully saturated rings. The summed E-state index contributed by atoms with van der Waals surface area (Å²) in [5, 5.41) is 6.77. The van der Waals surface area contributed by atoms with Gasteiger partial charge in [-0.1, -0.05) is 43.3 Å². The molecular weight excluding hydrogens is 423 g/mol. The number of hydrogen-bond acceptors (Lipinski definition) is 5. The quantitative estimate of drug-likeness (QED) is 0.456. The molecule has 0 aliphatic rings. The largest absolute Gasteiger partial charge is 0.493 e. The highest BCUT2D eigenvalue weighted by atomic mass is 19.1. The van der Waals surface area contributed by atoms with Crippen molar-refractivity contribution in [2.75, 3.05) is 13.7 Å². The molecule has 3 aromatic rings. The van der Waals surface area contributed by atoms with Gasteiger partial charge < -0.3 is 19.3 Å². The second-order valence-corrected chi connectivity index (χ2v) is 8.42. The topological polar surface area (TPSA) is 73.6 Å². The number of carbonyl (C=O) groups excluding carboxylic acids is 1. The SMILES string of the molecule is COc1cc(/C=C/C(=O)NCC(C)(C)c2ccccc2F)ccc1OCc1c(C)noc1C. The lowest BCUT2D eigenvalue weighted by atomic mass is 9.84. The molecule has 0 aliphatic carbocycles. The molecule has 0 unspecified atom stereocenters. The lowest BCUT2D eigenvalue weighted by Crippen LogP contribution is -2.36. The van der Waals surface area contributed by atoms with Crippen molar-refractivity contribution in [2.24, 2.45) is 0 Å². The number of ether oxygens (including phenoxy) is 2. The van der Waals surface area contributed by atoms with Crippen LogP contribution in [0.15, 0.2) is 53.1 Å². The van der Waals surface area contributed by atoms with E-state index in [4.69, 9.17) is 14.0 Å². The Bertz CT molecular complexity index is 1130. The monoisotopic (exact) mass is 452 g/mol. The van der Waals surface area contributed by atoms with Gasteiger partial charge in [-0.3, -0.25) is 4.79 Å². The minimum Gasteiger partial charge on any atom is -0.493 e. The number of hydrogen-bond donors (Lipinski definition) is 1. The number of nitrogens with zero attached hydrogens (tertiary/aromatic N) is 1. The number of rotatable bonds is 9. The Morgan fingerprint density at radius 3 is 2.61 bits per heavy atom. The minimum atomic E-state index is -0.543. The summed E-state index contributed by atoms with van der Waals surface area (Å²) in [6.07, 6.45) is 3.13. The molecule has 1 N–H and O–H groups in total. The van der Waals surface area contributed by atoms with Crippen LogP contribution in [0.25, 0.3) is 6.08 Å². The highest BCUT2D eigenvalue weighted by Crippen LogP contribution is 2.30. The van der Waals surface area contributed by atoms with Crippen LogP contribution in [-0.2, 0) is 16.8 Å². The molecule has 1 aromatic heterocycles. The van der Waals surface area contributed by atoms with Gasteiger partial charge in [-0.25, -0.2) is 4.39 Å². The van der Waals surface area contributed by atoms with Gasteiger partial charge in [0, 0.05) is 18.0 Å². The fourth-order valence-corrected chi connectivity index (χ4v) is 3.41. The van der Waals surface area contributed by atoms with Crippen molar-refractivity contribution in [1.29, 1.82) is 0 Å². The van der Waals surface area contributed by atoms with Crippen molar-refractivity contribution in [2.45, 2.75) is 39.7 Å². The zero-order valence-electron chi connectivity index (χ0n) is 19.6. The molecular formula is C26H29FN2O4. The van der Waals surface area contributed by atoms with Gasteiger partial charge in [0.1, 0.15) is 18.2 Å². The predicted molar refractivity (Wildman–Crippen MR) is 125 cm³/mol. The summed E-state index contributed by atoms with van der Waals surface area (Å²) in [7, 11) is 1.56. The average molecular weight is 453 g/mol. The van der Waals surface area contributed by atoms with E-state index in [9.17, 15) is 9.18 Å². The molecule has 0 saturated heterocycles. The van der Waals surface area contributed by atoms with Gasteiger partial charge in [0.2, 0.25) is 5.91 Å². The number of nitrogens with one attached hydrogen (secondary N) is 1. The third-order valence-electron chi connectivity index (χ3n) is 5.48. The zero-order valence-corrected chi connectivity index (χ0v) is 19.6. The van der Waals surface area contributed by atoms with Gasteiger partial charge >= 0.3 is 0 Å². The van der Waals surface area contributed by atoms with Gasteiger partial charge in [-0.05, 0) is 49.2 Å². The van der Waals surface area contributed by atoms with Gasteiger partial charge in [0.05, 0.1) is 18.4 Å². The lowest BCUT2D eigenvalue weighted by Gasteiger charge is -2.25. The van der Waals surface area contributed by atoms with Gasteiger partial charge in [-0.2, -0.15) is 0 Å². The van der Waals surface area contributed by atoms with Crippen LogP contribution in [0.4, 0.5) is 4.39 Å². The molecule has 0 saturated carbocycles. The van der Waals surface area contributed by atoms with Crippen LogP contribution in [0.3, 0.4) is 0 Å². The molecule has 3 rings (SSSR count). The number of amides is 1. The van der Waals surface area contributed by atoms with Crippen LogP contribution >= 0.6 is 0 Å². The Kier molecular flexibility index (Phi) is 7.53. The Hall–Kier alpha value is -3.61. The van der Waals surface area contributed by atoms with Gasteiger partial charge in [-0.15, -0.1) is 0 Å². The summed E-state index contributed by atoms with van der Waals surface area (Å²) in [6, 6.07) is 12.0. The molecule has 33 heavy (non-hydrogen) atoms. The molecule has 0 atom stereocenters. The second kappa shape index (κ2) is 10.3. The van der Waals surface area contributed by atoms with Crippen molar-refractivity contribution >= 4 is 12.0 Å². The summed E-state index contributed by atoms with van der Waals surface area (Å²) in [5.74, 6) is 1.29. The van der Waals surface area contributed by atoms with Crippen LogP contribution in [0.5, 0.6) is 11.5 Å². The van der Waals surface area contributed by atoms with E-state index in [0.717, 1.165) is 22.6 Å². The maximum Gasteiger partial charge on any atom is 0.244 e. The molecule has 0 spiro atoms. The third kappa shape index (κ3) is 6.00. The number of benzene rings is 2. The Morgan fingerprint density at radius 1 is 1.18 bits per heavy atom. The van der Waals surface area contributed by atoms with Crippen molar-refractivity contribution < 1.29 is 23.2 Å². The highest BCUT2D eigenvalue weighted by Gasteiger charge is 2.24. The van der Waals surface area contributed by atoms with Crippen LogP contribution < -0.4 is 14.8 Å². The first-order valence-corrected chi connectivity index (χ1v) is 10.6. The normalized spacial score (nSPS) is 11.6. The molecule has 7 heteroatoms. The van der Waals surface area contributed by atoms with Crippen LogP contribution in [0.1, 0.15) is 42.0 Å². The van der Waals surface area contributed by atoms with E-state index in [0.29, 0.717) is 30.2 Å². The van der Waals surface area contributed by atoms with Crippen molar-refractivity contribution in [3.63, 3.8) is 0 Å². The van der Waals surface area contributed by atoms with E-state index in [1.807, 2.05) is 33.8 Å². The molecule has 0 bridgehead atoms. The summed E-state index contributed by atoms with van der Waals surface area (Å²) < 4.78 is 30.6. The number of carbonyl (C=O) groups is 1. The molecule has 0 aliphatic heterocycles. The fraction of sp³-hybridized carbons (Fsp3) is 0.308. The van der Waals surface area contributed by atoms with E-state index in [1.165, 1.54) is 12.1 Å². The van der Waals surface area contributed by atoms with Crippen molar-refractivity contribution in [3.05, 3.63) is 82.5 Å². The standard InChI is InChI=1S/C26H29FN2O4/c1-17-20(18(2)33-29-17)15-32-23-12-10-19(14-24(23)31-5)11-13-25(30)28-16-26(3,4)21-8-6-7-9-22(21)27/h6-14H,15-16H2,1-5H3,(H,28,30)/b13-11+. The predicted octanol–water partition coefficient (Wildman–Crippen LogP) is 5.13. The first kappa shape index (κ1) is 24.0. The second-order valence-electron chi connectivity index (χ2n) is 8.42. The van der Waals surface area contributed by atoms with E-state index in [-0.39, 0.29) is 11.7 Å². The van der Waals surface area contributed by atoms with Gasteiger partial charge in [0.25, 0.3) is 0 Å². The van der Waals surface area contributed by atoms with Crippen LogP contribution in [-0.4, -0.2) is 24.7 Å². The lowest BCUT2D eigenvalue weighted by molar-refractivity contribution is -0.116. The first-order chi connectivity index (χ1) is 15.7. The maximum absolute atomic E-state index is 14.1. The van der Waals surface area contributed by atoms with Crippen LogP contribution in [0, 0.1) is 19.7 Å². The molecule has 1 amide bonds.